The minimum absolute atomic E-state index is 0.0500. The molecule has 6 atom stereocenters. The van der Waals surface area contributed by atoms with Crippen molar-refractivity contribution in [2.45, 2.75) is 78.2 Å². The van der Waals surface area contributed by atoms with E-state index in [9.17, 15) is 13.6 Å². The normalized spacial score (nSPS) is 34.6. The lowest BCUT2D eigenvalue weighted by atomic mass is 9.48. The van der Waals surface area contributed by atoms with Crippen molar-refractivity contribution in [1.29, 1.82) is 0 Å². The standard InChI is InChI=1S/C29H34F2N2O2S/c1-4-25(34)35-24-10-8-18-17-6-7-20-26-23(12-14-28(20,2)19(17)11-13-29(18,24)3)33-27(36-26)32-22-9-5-16(30)15-21(22)31/h5,7,9,15,17-19,24H,4,6,8,10-14H2,1-3H3,(H,32,33)/t17-,18-,19-,24-,28+,29-/m0/s1. The summed E-state index contributed by atoms with van der Waals surface area (Å²) in [5, 5.41) is 3.74. The molecule has 0 amide bonds. The number of carbonyl (C=O) groups is 1. The van der Waals surface area contributed by atoms with Crippen LogP contribution in [-0.4, -0.2) is 17.1 Å². The Morgan fingerprint density at radius 3 is 2.81 bits per heavy atom. The van der Waals surface area contributed by atoms with Gasteiger partial charge in [-0.15, -0.1) is 0 Å². The van der Waals surface area contributed by atoms with E-state index in [4.69, 9.17) is 9.72 Å². The van der Waals surface area contributed by atoms with Gasteiger partial charge in [0.2, 0.25) is 0 Å². The summed E-state index contributed by atoms with van der Waals surface area (Å²) in [5.41, 5.74) is 2.91. The first-order chi connectivity index (χ1) is 17.2. The van der Waals surface area contributed by atoms with E-state index in [1.165, 1.54) is 22.6 Å². The Bertz CT molecular complexity index is 1240. The van der Waals surface area contributed by atoms with Crippen LogP contribution in [0.5, 0.6) is 0 Å². The average Bonchev–Trinajstić information content (AvgIpc) is 3.41. The van der Waals surface area contributed by atoms with Crippen LogP contribution in [0.25, 0.3) is 5.57 Å². The summed E-state index contributed by atoms with van der Waals surface area (Å²) in [4.78, 5) is 18.1. The number of esters is 1. The number of thiazole rings is 1. The highest BCUT2D eigenvalue weighted by Crippen LogP contribution is 2.66. The molecule has 2 fully saturated rings. The minimum atomic E-state index is -0.613. The van der Waals surface area contributed by atoms with Crippen molar-refractivity contribution in [2.75, 3.05) is 5.32 Å². The van der Waals surface area contributed by atoms with Crippen LogP contribution >= 0.6 is 11.3 Å². The van der Waals surface area contributed by atoms with Crippen LogP contribution in [0, 0.1) is 40.2 Å². The largest absolute Gasteiger partial charge is 0.462 e. The van der Waals surface area contributed by atoms with Crippen molar-refractivity contribution in [3.05, 3.63) is 46.5 Å². The number of halogens is 2. The van der Waals surface area contributed by atoms with Crippen LogP contribution in [0.3, 0.4) is 0 Å². The zero-order chi connectivity index (χ0) is 25.2. The van der Waals surface area contributed by atoms with Gasteiger partial charge in [-0.1, -0.05) is 38.2 Å². The number of aromatic nitrogens is 1. The van der Waals surface area contributed by atoms with Gasteiger partial charge in [0.15, 0.2) is 5.13 Å². The monoisotopic (exact) mass is 512 g/mol. The fraction of sp³-hybridized carbons (Fsp3) is 0.586. The maximum absolute atomic E-state index is 14.2. The number of nitrogens with one attached hydrogen (secondary N) is 1. The van der Waals surface area contributed by atoms with Crippen molar-refractivity contribution < 1.29 is 18.3 Å². The van der Waals surface area contributed by atoms with Crippen LogP contribution in [0.2, 0.25) is 0 Å². The highest BCUT2D eigenvalue weighted by Gasteiger charge is 2.60. The first kappa shape index (κ1) is 24.1. The van der Waals surface area contributed by atoms with Crippen LogP contribution in [0.4, 0.5) is 19.6 Å². The van der Waals surface area contributed by atoms with Crippen LogP contribution in [-0.2, 0) is 16.0 Å². The summed E-state index contributed by atoms with van der Waals surface area (Å²) in [7, 11) is 0. The smallest absolute Gasteiger partial charge is 0.305 e. The van der Waals surface area contributed by atoms with E-state index in [-0.39, 0.29) is 28.6 Å². The molecule has 1 aromatic carbocycles. The lowest BCUT2D eigenvalue weighted by Crippen LogP contribution is -2.50. The molecule has 0 unspecified atom stereocenters. The highest BCUT2D eigenvalue weighted by atomic mass is 32.1. The summed E-state index contributed by atoms with van der Waals surface area (Å²) < 4.78 is 33.5. The average molecular weight is 513 g/mol. The number of aryl methyl sites for hydroxylation is 1. The fourth-order valence-corrected chi connectivity index (χ4v) is 9.23. The molecular weight excluding hydrogens is 478 g/mol. The number of fused-ring (bicyclic) bond motifs is 7. The van der Waals surface area contributed by atoms with E-state index in [1.807, 2.05) is 6.92 Å². The number of nitrogens with zero attached hydrogens (tertiary/aromatic N) is 1. The summed E-state index contributed by atoms with van der Waals surface area (Å²) >= 11 is 1.59. The third-order valence-electron chi connectivity index (χ3n) is 9.94. The van der Waals surface area contributed by atoms with Crippen LogP contribution in [0.15, 0.2) is 24.3 Å². The Labute approximate surface area is 215 Å². The van der Waals surface area contributed by atoms with Crippen molar-refractivity contribution in [3.8, 4) is 0 Å². The highest BCUT2D eigenvalue weighted by molar-refractivity contribution is 7.16. The minimum Gasteiger partial charge on any atom is -0.462 e. The van der Waals surface area contributed by atoms with Gasteiger partial charge in [0.25, 0.3) is 0 Å². The number of hydrogen-bond acceptors (Lipinski definition) is 5. The molecule has 0 radical (unpaired) electrons. The third kappa shape index (κ3) is 3.64. The molecule has 6 rings (SSSR count). The molecule has 7 heteroatoms. The summed E-state index contributed by atoms with van der Waals surface area (Å²) in [6, 6.07) is 3.57. The summed E-state index contributed by atoms with van der Waals surface area (Å²) in [6.45, 7) is 6.68. The Morgan fingerprint density at radius 2 is 2.03 bits per heavy atom. The number of benzene rings is 1. The molecule has 0 saturated heterocycles. The van der Waals surface area contributed by atoms with Crippen molar-refractivity contribution in [2.24, 2.45) is 28.6 Å². The maximum atomic E-state index is 14.2. The predicted octanol–water partition coefficient (Wildman–Crippen LogP) is 7.67. The number of hydrogen-bond donors (Lipinski definition) is 1. The second kappa shape index (κ2) is 8.64. The summed E-state index contributed by atoms with van der Waals surface area (Å²) in [5.74, 6) is 0.534. The van der Waals surface area contributed by atoms with Crippen LogP contribution < -0.4 is 5.32 Å². The second-order valence-electron chi connectivity index (χ2n) is 11.6. The maximum Gasteiger partial charge on any atom is 0.305 e. The van der Waals surface area contributed by atoms with Gasteiger partial charge >= 0.3 is 5.97 Å². The van der Waals surface area contributed by atoms with Crippen molar-refractivity contribution in [3.63, 3.8) is 0 Å². The molecular formula is C29H34F2N2O2S. The first-order valence-corrected chi connectivity index (χ1v) is 14.2. The van der Waals surface area contributed by atoms with Gasteiger partial charge in [-0.3, -0.25) is 4.79 Å². The Balaban J connectivity index is 1.27. The van der Waals surface area contributed by atoms with Gasteiger partial charge in [0.05, 0.1) is 16.3 Å². The molecule has 1 heterocycles. The van der Waals surface area contributed by atoms with E-state index in [0.717, 1.165) is 56.7 Å². The number of allylic oxidation sites excluding steroid dienone is 2. The van der Waals surface area contributed by atoms with Crippen molar-refractivity contribution in [1.82, 2.24) is 4.98 Å². The topological polar surface area (TPSA) is 51.2 Å². The molecule has 36 heavy (non-hydrogen) atoms. The van der Waals surface area contributed by atoms with Gasteiger partial charge < -0.3 is 10.1 Å². The van der Waals surface area contributed by atoms with E-state index in [2.05, 4.69) is 25.2 Å². The lowest BCUT2D eigenvalue weighted by Gasteiger charge is -2.56. The molecule has 4 aliphatic rings. The predicted molar refractivity (Wildman–Crippen MR) is 138 cm³/mol. The molecule has 4 aliphatic carbocycles. The second-order valence-corrected chi connectivity index (χ2v) is 12.6. The van der Waals surface area contributed by atoms with E-state index in [1.54, 1.807) is 11.3 Å². The molecule has 1 aromatic heterocycles. The molecule has 4 nitrogen and oxygen atoms in total. The third-order valence-corrected chi connectivity index (χ3v) is 11.0. The summed E-state index contributed by atoms with van der Waals surface area (Å²) in [6.07, 6.45) is 10.4. The molecule has 0 bridgehead atoms. The quantitative estimate of drug-likeness (QED) is 0.427. The Kier molecular flexibility index (Phi) is 5.78. The van der Waals surface area contributed by atoms with Gasteiger partial charge in [0.1, 0.15) is 17.7 Å². The number of ether oxygens (including phenoxy) is 1. The molecule has 2 aromatic rings. The molecule has 2 saturated carbocycles. The molecule has 0 spiro atoms. The fourth-order valence-electron chi connectivity index (χ4n) is 8.02. The molecule has 0 aliphatic heterocycles. The van der Waals surface area contributed by atoms with E-state index >= 15 is 0 Å². The zero-order valence-electron chi connectivity index (χ0n) is 21.2. The Hall–Kier alpha value is -2.28. The van der Waals surface area contributed by atoms with Gasteiger partial charge in [-0.05, 0) is 85.8 Å². The SMILES string of the molecule is CCC(=O)O[C@H]1CC[C@H]2[C@@H]3CC=C4c5sc(Nc6ccc(F)cc6F)nc5CC[C@]4(C)[C@H]3CC[C@]12C. The Morgan fingerprint density at radius 1 is 1.19 bits per heavy atom. The number of anilines is 2. The first-order valence-electron chi connectivity index (χ1n) is 13.3. The zero-order valence-corrected chi connectivity index (χ0v) is 22.0. The van der Waals surface area contributed by atoms with Gasteiger partial charge in [-0.2, -0.15) is 0 Å². The van der Waals surface area contributed by atoms with Crippen LogP contribution in [0.1, 0.15) is 76.3 Å². The molecule has 1 N–H and O–H groups in total. The number of carbonyl (C=O) groups excluding carboxylic acids is 1. The number of rotatable bonds is 4. The van der Waals surface area contributed by atoms with Gasteiger partial charge in [0, 0.05) is 17.9 Å². The van der Waals surface area contributed by atoms with E-state index < -0.39 is 11.6 Å². The lowest BCUT2D eigenvalue weighted by molar-refractivity contribution is -0.158. The van der Waals surface area contributed by atoms with Crippen molar-refractivity contribution >= 4 is 33.7 Å². The van der Waals surface area contributed by atoms with Gasteiger partial charge in [-0.25, -0.2) is 13.8 Å². The van der Waals surface area contributed by atoms with E-state index in [0.29, 0.717) is 29.3 Å². The molecule has 192 valence electrons.